The highest BCUT2D eigenvalue weighted by Gasteiger charge is 2.17. The van der Waals surface area contributed by atoms with E-state index in [0.29, 0.717) is 18.0 Å². The number of nitrogens with zero attached hydrogens (tertiary/aromatic N) is 1. The van der Waals surface area contributed by atoms with Crippen molar-refractivity contribution < 1.29 is 9.90 Å². The second-order valence-electron chi connectivity index (χ2n) is 5.01. The number of halogens is 1. The van der Waals surface area contributed by atoms with Crippen LogP contribution >= 0.6 is 11.6 Å². The van der Waals surface area contributed by atoms with Gasteiger partial charge in [0.2, 0.25) is 5.91 Å². The highest BCUT2D eigenvalue weighted by atomic mass is 35.5. The zero-order valence-corrected chi connectivity index (χ0v) is 12.5. The van der Waals surface area contributed by atoms with Crippen LogP contribution in [-0.2, 0) is 11.2 Å². The first-order valence-corrected chi connectivity index (χ1v) is 7.20. The first kappa shape index (κ1) is 15.8. The zero-order chi connectivity index (χ0) is 15.4. The predicted octanol–water partition coefficient (Wildman–Crippen LogP) is 0.973. The summed E-state index contributed by atoms with van der Waals surface area (Å²) in [6.45, 7) is 1.97. The molecular formula is C14H19ClN4O2. The van der Waals surface area contributed by atoms with Gasteiger partial charge in [0.15, 0.2) is 0 Å². The summed E-state index contributed by atoms with van der Waals surface area (Å²) in [6, 6.07) is 4.60. The number of fused-ring (bicyclic) bond motifs is 1. The Labute approximate surface area is 127 Å². The molecule has 0 fully saturated rings. The van der Waals surface area contributed by atoms with Crippen LogP contribution in [0.4, 0.5) is 0 Å². The van der Waals surface area contributed by atoms with Crippen molar-refractivity contribution in [2.45, 2.75) is 31.9 Å². The number of nitrogens with two attached hydrogens (primary N) is 1. The molecule has 2 aromatic rings. The third-order valence-electron chi connectivity index (χ3n) is 3.21. The molecule has 114 valence electrons. The largest absolute Gasteiger partial charge is 0.391 e. The number of aryl methyl sites for hydroxylation is 1. The molecule has 0 saturated carbocycles. The second kappa shape index (κ2) is 6.89. The van der Waals surface area contributed by atoms with Crippen molar-refractivity contribution in [3.63, 3.8) is 0 Å². The molecule has 1 heterocycles. The molecule has 0 aliphatic heterocycles. The van der Waals surface area contributed by atoms with Crippen molar-refractivity contribution in [1.29, 1.82) is 0 Å². The van der Waals surface area contributed by atoms with E-state index in [1.54, 1.807) is 6.07 Å². The van der Waals surface area contributed by atoms with E-state index in [9.17, 15) is 9.90 Å². The van der Waals surface area contributed by atoms with Crippen molar-refractivity contribution in [2.24, 2.45) is 5.73 Å². The van der Waals surface area contributed by atoms with E-state index in [4.69, 9.17) is 17.3 Å². The molecule has 0 bridgehead atoms. The fourth-order valence-electron chi connectivity index (χ4n) is 1.96. The normalized spacial score (nSPS) is 14.1. The van der Waals surface area contributed by atoms with Gasteiger partial charge in [-0.3, -0.25) is 4.79 Å². The smallest absolute Gasteiger partial charge is 0.239 e. The maximum absolute atomic E-state index is 11.5. The van der Waals surface area contributed by atoms with E-state index >= 15 is 0 Å². The van der Waals surface area contributed by atoms with Gasteiger partial charge < -0.3 is 21.1 Å². The van der Waals surface area contributed by atoms with Crippen molar-refractivity contribution in [3.05, 3.63) is 29.0 Å². The number of carbonyl (C=O) groups is 1. The van der Waals surface area contributed by atoms with Crippen LogP contribution in [0.5, 0.6) is 0 Å². The molecule has 1 aromatic carbocycles. The molecule has 0 radical (unpaired) electrons. The van der Waals surface area contributed by atoms with Gasteiger partial charge in [0, 0.05) is 18.0 Å². The van der Waals surface area contributed by atoms with Crippen LogP contribution in [0, 0.1) is 0 Å². The van der Waals surface area contributed by atoms with Crippen LogP contribution in [0.2, 0.25) is 5.02 Å². The second-order valence-corrected chi connectivity index (χ2v) is 5.44. The molecule has 1 amide bonds. The van der Waals surface area contributed by atoms with Crippen LogP contribution < -0.4 is 11.1 Å². The Bertz CT molecular complexity index is 626. The van der Waals surface area contributed by atoms with E-state index in [0.717, 1.165) is 23.3 Å². The molecule has 7 heteroatoms. The number of rotatable bonds is 6. The summed E-state index contributed by atoms with van der Waals surface area (Å²) in [4.78, 5) is 19.2. The molecule has 5 N–H and O–H groups in total. The van der Waals surface area contributed by atoms with Crippen molar-refractivity contribution in [1.82, 2.24) is 15.3 Å². The molecule has 0 aliphatic carbocycles. The third kappa shape index (κ3) is 4.17. The fourth-order valence-corrected chi connectivity index (χ4v) is 2.13. The summed E-state index contributed by atoms with van der Waals surface area (Å²) in [7, 11) is 0. The quantitative estimate of drug-likeness (QED) is 0.597. The molecule has 2 atom stereocenters. The average molecular weight is 311 g/mol. The highest BCUT2D eigenvalue weighted by Crippen LogP contribution is 2.17. The molecule has 0 aliphatic rings. The minimum absolute atomic E-state index is 0.346. The van der Waals surface area contributed by atoms with Gasteiger partial charge in [-0.2, -0.15) is 0 Å². The number of aliphatic hydroxyl groups is 1. The number of amides is 1. The summed E-state index contributed by atoms with van der Waals surface area (Å²) in [5.74, 6) is 0.503. The molecule has 0 spiro atoms. The van der Waals surface area contributed by atoms with E-state index in [1.165, 1.54) is 6.92 Å². The summed E-state index contributed by atoms with van der Waals surface area (Å²) in [6.07, 6.45) is 0.576. The number of H-pyrrole nitrogens is 1. The first-order chi connectivity index (χ1) is 9.97. The predicted molar refractivity (Wildman–Crippen MR) is 82.1 cm³/mol. The van der Waals surface area contributed by atoms with Crippen LogP contribution in [-0.4, -0.2) is 39.7 Å². The molecule has 6 nitrogen and oxygen atoms in total. The molecule has 1 aromatic heterocycles. The lowest BCUT2D eigenvalue weighted by Crippen LogP contribution is -2.47. The number of carbonyl (C=O) groups excluding carboxylic acids is 1. The van der Waals surface area contributed by atoms with Gasteiger partial charge in [-0.25, -0.2) is 4.98 Å². The van der Waals surface area contributed by atoms with Gasteiger partial charge in [0.1, 0.15) is 11.9 Å². The summed E-state index contributed by atoms with van der Waals surface area (Å²) < 4.78 is 0. The number of aromatic nitrogens is 2. The number of aliphatic hydroxyl groups excluding tert-OH is 1. The Morgan fingerprint density at radius 1 is 1.57 bits per heavy atom. The first-order valence-electron chi connectivity index (χ1n) is 6.83. The minimum atomic E-state index is -0.890. The third-order valence-corrected chi connectivity index (χ3v) is 3.44. The van der Waals surface area contributed by atoms with Gasteiger partial charge in [-0.05, 0) is 31.5 Å². The topological polar surface area (TPSA) is 104 Å². The summed E-state index contributed by atoms with van der Waals surface area (Å²) >= 11 is 5.92. The van der Waals surface area contributed by atoms with Gasteiger partial charge in [-0.15, -0.1) is 0 Å². The number of aromatic amines is 1. The van der Waals surface area contributed by atoms with Crippen molar-refractivity contribution in [2.75, 3.05) is 6.54 Å². The Morgan fingerprint density at radius 2 is 2.33 bits per heavy atom. The van der Waals surface area contributed by atoms with E-state index in [2.05, 4.69) is 15.3 Å². The van der Waals surface area contributed by atoms with Crippen LogP contribution in [0.15, 0.2) is 18.2 Å². The SMILES string of the molecule is C[C@@H](O)[C@H](N)C(=O)NCCCc1nc2ccc(Cl)cc2[nH]1. The minimum Gasteiger partial charge on any atom is -0.391 e. The number of hydrogen-bond acceptors (Lipinski definition) is 4. The number of imidazole rings is 1. The van der Waals surface area contributed by atoms with Crippen molar-refractivity contribution >= 4 is 28.5 Å². The number of benzene rings is 1. The Balaban J connectivity index is 1.81. The summed E-state index contributed by atoms with van der Waals surface area (Å²) in [5.41, 5.74) is 7.30. The zero-order valence-electron chi connectivity index (χ0n) is 11.8. The number of nitrogens with one attached hydrogen (secondary N) is 2. The fraction of sp³-hybridized carbons (Fsp3) is 0.429. The lowest BCUT2D eigenvalue weighted by atomic mass is 10.2. The lowest BCUT2D eigenvalue weighted by Gasteiger charge is -2.14. The van der Waals surface area contributed by atoms with Gasteiger partial charge >= 0.3 is 0 Å². The van der Waals surface area contributed by atoms with Crippen molar-refractivity contribution in [3.8, 4) is 0 Å². The van der Waals surface area contributed by atoms with Crippen LogP contribution in [0.25, 0.3) is 11.0 Å². The highest BCUT2D eigenvalue weighted by molar-refractivity contribution is 6.31. The molecule has 0 unspecified atom stereocenters. The molecule has 0 saturated heterocycles. The van der Waals surface area contributed by atoms with E-state index in [-0.39, 0.29) is 5.91 Å². The molecule has 21 heavy (non-hydrogen) atoms. The monoisotopic (exact) mass is 310 g/mol. The maximum Gasteiger partial charge on any atom is 0.239 e. The van der Waals surface area contributed by atoms with Gasteiger partial charge in [-0.1, -0.05) is 11.6 Å². The lowest BCUT2D eigenvalue weighted by molar-refractivity contribution is -0.124. The van der Waals surface area contributed by atoms with E-state index < -0.39 is 12.1 Å². The van der Waals surface area contributed by atoms with Gasteiger partial charge in [0.05, 0.1) is 17.1 Å². The maximum atomic E-state index is 11.5. The van der Waals surface area contributed by atoms with Crippen LogP contribution in [0.3, 0.4) is 0 Å². The van der Waals surface area contributed by atoms with Crippen LogP contribution in [0.1, 0.15) is 19.2 Å². The average Bonchev–Trinajstić information content (AvgIpc) is 2.84. The standard InChI is InChI=1S/C14H19ClN4O2/c1-8(20)13(16)14(21)17-6-2-3-12-18-10-5-4-9(15)7-11(10)19-12/h4-5,7-8,13,20H,2-3,6,16H2,1H3,(H,17,21)(H,18,19)/t8-,13+/m1/s1. The molecule has 2 rings (SSSR count). The number of hydrogen-bond donors (Lipinski definition) is 4. The Kier molecular flexibility index (Phi) is 5.17. The Hall–Kier alpha value is -1.63. The molecular weight excluding hydrogens is 292 g/mol. The Morgan fingerprint density at radius 3 is 3.05 bits per heavy atom. The van der Waals surface area contributed by atoms with Gasteiger partial charge in [0.25, 0.3) is 0 Å². The van der Waals surface area contributed by atoms with E-state index in [1.807, 2.05) is 12.1 Å². The summed E-state index contributed by atoms with van der Waals surface area (Å²) in [5, 5.41) is 12.6.